The third kappa shape index (κ3) is 2.71. The van der Waals surface area contributed by atoms with Crippen LogP contribution in [0.25, 0.3) is 10.9 Å². The molecular formula is C16H21N3. The summed E-state index contributed by atoms with van der Waals surface area (Å²) >= 11 is 0. The Morgan fingerprint density at radius 3 is 2.74 bits per heavy atom. The highest BCUT2D eigenvalue weighted by Crippen LogP contribution is 2.29. The Kier molecular flexibility index (Phi) is 3.65. The minimum atomic E-state index is 0.358. The average molecular weight is 255 g/mol. The first-order valence-electron chi connectivity index (χ1n) is 7.19. The number of fused-ring (bicyclic) bond motifs is 1. The molecule has 1 atom stereocenters. The molecule has 0 bridgehead atoms. The van der Waals surface area contributed by atoms with Crippen LogP contribution in [-0.2, 0) is 0 Å². The van der Waals surface area contributed by atoms with Gasteiger partial charge in [-0.15, -0.1) is 0 Å². The third-order valence-corrected chi connectivity index (χ3v) is 4.15. The van der Waals surface area contributed by atoms with Crippen LogP contribution in [0.4, 0.5) is 5.82 Å². The standard InChI is InChI=1S/C16H21N3/c17-11-15(12-5-1-2-6-12)19-16-10-9-13-7-3-4-8-14(13)18-16/h3-4,7-10,12,15H,1-2,5-6,11,17H2,(H,18,19). The van der Waals surface area contributed by atoms with Crippen molar-refractivity contribution in [2.45, 2.75) is 31.7 Å². The van der Waals surface area contributed by atoms with Gasteiger partial charge in [0.15, 0.2) is 0 Å². The smallest absolute Gasteiger partial charge is 0.126 e. The fourth-order valence-electron chi connectivity index (χ4n) is 3.07. The maximum atomic E-state index is 5.92. The minimum absolute atomic E-state index is 0.358. The fraction of sp³-hybridized carbons (Fsp3) is 0.438. The lowest BCUT2D eigenvalue weighted by atomic mass is 9.98. The molecule has 1 aliphatic rings. The van der Waals surface area contributed by atoms with E-state index in [9.17, 15) is 0 Å². The number of pyridine rings is 1. The predicted molar refractivity (Wildman–Crippen MR) is 80.2 cm³/mol. The van der Waals surface area contributed by atoms with E-state index in [0.29, 0.717) is 18.5 Å². The van der Waals surface area contributed by atoms with Crippen LogP contribution < -0.4 is 11.1 Å². The summed E-state index contributed by atoms with van der Waals surface area (Å²) in [4.78, 5) is 4.67. The third-order valence-electron chi connectivity index (χ3n) is 4.15. The summed E-state index contributed by atoms with van der Waals surface area (Å²) < 4.78 is 0. The summed E-state index contributed by atoms with van der Waals surface area (Å²) in [5.41, 5.74) is 6.96. The van der Waals surface area contributed by atoms with Crippen molar-refractivity contribution in [3.05, 3.63) is 36.4 Å². The number of nitrogens with zero attached hydrogens (tertiary/aromatic N) is 1. The van der Waals surface area contributed by atoms with Crippen LogP contribution in [0.1, 0.15) is 25.7 Å². The lowest BCUT2D eigenvalue weighted by Gasteiger charge is -2.23. The van der Waals surface area contributed by atoms with Crippen molar-refractivity contribution in [1.82, 2.24) is 4.98 Å². The molecule has 3 rings (SSSR count). The number of para-hydroxylation sites is 1. The Hall–Kier alpha value is -1.61. The SMILES string of the molecule is NCC(Nc1ccc2ccccc2n1)C1CCCC1. The second-order valence-corrected chi connectivity index (χ2v) is 5.42. The van der Waals surface area contributed by atoms with Gasteiger partial charge in [-0.05, 0) is 37.0 Å². The molecule has 1 saturated carbocycles. The summed E-state index contributed by atoms with van der Waals surface area (Å²) in [6.45, 7) is 0.680. The van der Waals surface area contributed by atoms with Crippen molar-refractivity contribution < 1.29 is 0 Å². The van der Waals surface area contributed by atoms with Crippen LogP contribution in [0.2, 0.25) is 0 Å². The zero-order valence-electron chi connectivity index (χ0n) is 11.2. The van der Waals surface area contributed by atoms with Gasteiger partial charge in [0.05, 0.1) is 5.52 Å². The van der Waals surface area contributed by atoms with E-state index in [1.54, 1.807) is 0 Å². The highest BCUT2D eigenvalue weighted by molar-refractivity contribution is 5.80. The first-order valence-corrected chi connectivity index (χ1v) is 7.19. The Morgan fingerprint density at radius 1 is 1.16 bits per heavy atom. The number of anilines is 1. The van der Waals surface area contributed by atoms with E-state index in [-0.39, 0.29) is 0 Å². The molecule has 0 radical (unpaired) electrons. The molecule has 1 aromatic heterocycles. The molecule has 3 N–H and O–H groups in total. The van der Waals surface area contributed by atoms with Gasteiger partial charge in [0.25, 0.3) is 0 Å². The molecule has 1 unspecified atom stereocenters. The van der Waals surface area contributed by atoms with E-state index in [2.05, 4.69) is 28.5 Å². The van der Waals surface area contributed by atoms with Gasteiger partial charge in [0.2, 0.25) is 0 Å². The number of aromatic nitrogens is 1. The van der Waals surface area contributed by atoms with Crippen molar-refractivity contribution in [1.29, 1.82) is 0 Å². The average Bonchev–Trinajstić information content (AvgIpc) is 2.98. The summed E-state index contributed by atoms with van der Waals surface area (Å²) in [7, 11) is 0. The quantitative estimate of drug-likeness (QED) is 0.882. The van der Waals surface area contributed by atoms with Gasteiger partial charge in [0, 0.05) is 18.0 Å². The summed E-state index contributed by atoms with van der Waals surface area (Å²) in [6.07, 6.45) is 5.27. The fourth-order valence-corrected chi connectivity index (χ4v) is 3.07. The molecule has 0 saturated heterocycles. The molecule has 100 valence electrons. The van der Waals surface area contributed by atoms with Crippen LogP contribution in [0.5, 0.6) is 0 Å². The van der Waals surface area contributed by atoms with Crippen molar-refractivity contribution in [2.75, 3.05) is 11.9 Å². The van der Waals surface area contributed by atoms with Gasteiger partial charge in [-0.25, -0.2) is 4.98 Å². The van der Waals surface area contributed by atoms with Crippen molar-refractivity contribution in [3.8, 4) is 0 Å². The van der Waals surface area contributed by atoms with E-state index in [0.717, 1.165) is 11.3 Å². The van der Waals surface area contributed by atoms with Gasteiger partial charge < -0.3 is 11.1 Å². The maximum absolute atomic E-state index is 5.92. The van der Waals surface area contributed by atoms with Crippen LogP contribution in [0, 0.1) is 5.92 Å². The molecule has 1 heterocycles. The van der Waals surface area contributed by atoms with Gasteiger partial charge in [-0.1, -0.05) is 31.0 Å². The van der Waals surface area contributed by atoms with Crippen molar-refractivity contribution in [2.24, 2.45) is 11.7 Å². The largest absolute Gasteiger partial charge is 0.366 e. The van der Waals surface area contributed by atoms with Crippen LogP contribution in [0.15, 0.2) is 36.4 Å². The summed E-state index contributed by atoms with van der Waals surface area (Å²) in [5.74, 6) is 1.65. The monoisotopic (exact) mass is 255 g/mol. The molecule has 1 aliphatic carbocycles. The van der Waals surface area contributed by atoms with E-state index < -0.39 is 0 Å². The van der Waals surface area contributed by atoms with E-state index in [4.69, 9.17) is 5.73 Å². The van der Waals surface area contributed by atoms with Gasteiger partial charge in [-0.2, -0.15) is 0 Å². The van der Waals surface area contributed by atoms with Crippen LogP contribution in [0.3, 0.4) is 0 Å². The zero-order valence-corrected chi connectivity index (χ0v) is 11.2. The molecule has 2 aromatic rings. The first-order chi connectivity index (χ1) is 9.36. The number of nitrogens with two attached hydrogens (primary N) is 1. The zero-order chi connectivity index (χ0) is 13.1. The molecule has 0 spiro atoms. The maximum Gasteiger partial charge on any atom is 0.126 e. The Labute approximate surface area is 114 Å². The second-order valence-electron chi connectivity index (χ2n) is 5.42. The molecular weight excluding hydrogens is 234 g/mol. The topological polar surface area (TPSA) is 50.9 Å². The summed E-state index contributed by atoms with van der Waals surface area (Å²) in [6, 6.07) is 12.7. The highest BCUT2D eigenvalue weighted by atomic mass is 15.0. The second kappa shape index (κ2) is 5.57. The molecule has 1 aromatic carbocycles. The lowest BCUT2D eigenvalue weighted by Crippen LogP contribution is -2.35. The van der Waals surface area contributed by atoms with Crippen molar-refractivity contribution >= 4 is 16.7 Å². The van der Waals surface area contributed by atoms with E-state index >= 15 is 0 Å². The molecule has 0 aliphatic heterocycles. The molecule has 19 heavy (non-hydrogen) atoms. The van der Waals surface area contributed by atoms with E-state index in [1.165, 1.54) is 31.1 Å². The first kappa shape index (κ1) is 12.4. The Morgan fingerprint density at radius 2 is 1.95 bits per heavy atom. The van der Waals surface area contributed by atoms with Crippen LogP contribution in [-0.4, -0.2) is 17.6 Å². The van der Waals surface area contributed by atoms with Crippen LogP contribution >= 0.6 is 0 Å². The number of benzene rings is 1. The lowest BCUT2D eigenvalue weighted by molar-refractivity contribution is 0.461. The Bertz CT molecular complexity index is 546. The van der Waals surface area contributed by atoms with Crippen molar-refractivity contribution in [3.63, 3.8) is 0 Å². The van der Waals surface area contributed by atoms with E-state index in [1.807, 2.05) is 18.2 Å². The minimum Gasteiger partial charge on any atom is -0.366 e. The molecule has 3 nitrogen and oxygen atoms in total. The molecule has 0 amide bonds. The predicted octanol–water partition coefficient (Wildman–Crippen LogP) is 3.16. The molecule has 1 fully saturated rings. The number of nitrogens with one attached hydrogen (secondary N) is 1. The highest BCUT2D eigenvalue weighted by Gasteiger charge is 2.24. The Balaban J connectivity index is 1.79. The summed E-state index contributed by atoms with van der Waals surface area (Å²) in [5, 5.41) is 4.71. The molecule has 3 heteroatoms. The van der Waals surface area contributed by atoms with Gasteiger partial charge in [0.1, 0.15) is 5.82 Å². The van der Waals surface area contributed by atoms with Gasteiger partial charge in [-0.3, -0.25) is 0 Å². The normalized spacial score (nSPS) is 17.7. The number of hydrogen-bond acceptors (Lipinski definition) is 3. The van der Waals surface area contributed by atoms with Gasteiger partial charge >= 0.3 is 0 Å². The number of hydrogen-bond donors (Lipinski definition) is 2. The number of rotatable bonds is 4.